The maximum absolute atomic E-state index is 12.0. The van der Waals surface area contributed by atoms with E-state index < -0.39 is 16.4 Å². The van der Waals surface area contributed by atoms with Gasteiger partial charge in [-0.25, -0.2) is 15.2 Å². The average molecular weight is 352 g/mol. The molecule has 0 aliphatic heterocycles. The molecule has 2 aromatic carbocycles. The molecule has 2 unspecified atom stereocenters. The van der Waals surface area contributed by atoms with Crippen molar-refractivity contribution in [1.82, 2.24) is 0 Å². The third-order valence-corrected chi connectivity index (χ3v) is 4.40. The van der Waals surface area contributed by atoms with Crippen molar-refractivity contribution in [1.29, 1.82) is 0 Å². The molecule has 0 bridgehead atoms. The molecule has 0 aromatic heterocycles. The van der Waals surface area contributed by atoms with Crippen LogP contribution in [-0.2, 0) is 10.5 Å². The van der Waals surface area contributed by atoms with Crippen LogP contribution in [0.4, 0.5) is 11.4 Å². The van der Waals surface area contributed by atoms with Crippen LogP contribution in [0.15, 0.2) is 47.4 Å². The van der Waals surface area contributed by atoms with Gasteiger partial charge in [-0.05, 0) is 5.56 Å². The zero-order chi connectivity index (χ0) is 17.7. The van der Waals surface area contributed by atoms with Crippen LogP contribution >= 0.6 is 11.8 Å². The highest BCUT2D eigenvalue weighted by atomic mass is 32.2. The fraction of sp³-hybridized carbons (Fsp3) is 0.133. The van der Waals surface area contributed by atoms with Crippen LogP contribution in [0.5, 0.6) is 0 Å². The van der Waals surface area contributed by atoms with Crippen molar-refractivity contribution < 1.29 is 30.4 Å². The third-order valence-electron chi connectivity index (χ3n) is 3.20. The number of benzene rings is 2. The van der Waals surface area contributed by atoms with E-state index in [1.165, 1.54) is 0 Å². The minimum Gasteiger partial charge on any atom is -0.595 e. The summed E-state index contributed by atoms with van der Waals surface area (Å²) in [6.07, 6.45) is 0. The maximum atomic E-state index is 12.0. The van der Waals surface area contributed by atoms with E-state index in [0.717, 1.165) is 36.6 Å². The first-order valence-corrected chi connectivity index (χ1v) is 7.82. The van der Waals surface area contributed by atoms with Gasteiger partial charge in [0, 0.05) is 11.8 Å². The second-order valence-electron chi connectivity index (χ2n) is 4.78. The normalized spacial score (nSPS) is 13.4. The lowest BCUT2D eigenvalue weighted by molar-refractivity contribution is -0.997. The Labute approximate surface area is 141 Å². The molecule has 9 heteroatoms. The van der Waals surface area contributed by atoms with Crippen LogP contribution in [0.25, 0.3) is 0 Å². The molecule has 0 heterocycles. The Morgan fingerprint density at radius 1 is 1.17 bits per heavy atom. The highest BCUT2D eigenvalue weighted by molar-refractivity contribution is 7.98. The molecule has 0 spiro atoms. The lowest BCUT2D eigenvalue weighted by Crippen LogP contribution is -3.01. The number of carbonyl (C=O) groups is 1. The molecule has 0 fully saturated rings. The quantitative estimate of drug-likeness (QED) is 0.341. The zero-order valence-corrected chi connectivity index (χ0v) is 13.5. The summed E-state index contributed by atoms with van der Waals surface area (Å²) in [5.41, 5.74) is 0.348. The van der Waals surface area contributed by atoms with Gasteiger partial charge < -0.3 is 15.2 Å². The van der Waals surface area contributed by atoms with Crippen molar-refractivity contribution in [2.45, 2.75) is 10.6 Å². The number of rotatable bonds is 6. The Morgan fingerprint density at radius 3 is 2.38 bits per heavy atom. The van der Waals surface area contributed by atoms with Crippen LogP contribution in [0, 0.1) is 10.4 Å². The molecular weight excluding hydrogens is 336 g/mol. The van der Waals surface area contributed by atoms with E-state index in [-0.39, 0.29) is 21.8 Å². The lowest BCUT2D eigenvalue weighted by atomic mass is 10.1. The van der Waals surface area contributed by atoms with E-state index in [1.807, 2.05) is 30.3 Å². The van der Waals surface area contributed by atoms with Gasteiger partial charge in [-0.3, -0.25) is 0 Å². The first-order chi connectivity index (χ1) is 11.4. The highest BCUT2D eigenvalue weighted by Crippen LogP contribution is 2.33. The van der Waals surface area contributed by atoms with E-state index in [1.54, 1.807) is 0 Å². The summed E-state index contributed by atoms with van der Waals surface area (Å²) in [5, 5.41) is 38.6. The molecule has 8 nitrogen and oxygen atoms in total. The molecule has 0 saturated carbocycles. The summed E-state index contributed by atoms with van der Waals surface area (Å²) in [5.74, 6) is -0.353. The molecule has 0 aliphatic rings. The molecule has 0 radical (unpaired) electrons. The van der Waals surface area contributed by atoms with Crippen LogP contribution in [0.1, 0.15) is 15.9 Å². The van der Waals surface area contributed by atoms with Gasteiger partial charge in [0.2, 0.25) is 0 Å². The Hall–Kier alpha value is -1.98. The lowest BCUT2D eigenvalue weighted by Gasteiger charge is -2.20. The summed E-state index contributed by atoms with van der Waals surface area (Å²) in [4.78, 5) is 12.2. The molecule has 4 N–H and O–H groups in total. The highest BCUT2D eigenvalue weighted by Gasteiger charge is 2.24. The second kappa shape index (κ2) is 8.22. The summed E-state index contributed by atoms with van der Waals surface area (Å²) in [6, 6.07) is 11.5. The van der Waals surface area contributed by atoms with E-state index in [2.05, 4.69) is 4.74 Å². The molecule has 2 rings (SSSR count). The number of carbonyl (C=O) groups excluding carboxylic acids is 1. The van der Waals surface area contributed by atoms with Crippen molar-refractivity contribution >= 4 is 29.1 Å². The van der Waals surface area contributed by atoms with Crippen molar-refractivity contribution in [3.05, 3.63) is 64.0 Å². The van der Waals surface area contributed by atoms with E-state index in [0.29, 0.717) is 5.75 Å². The molecule has 0 aliphatic carbocycles. The van der Waals surface area contributed by atoms with E-state index in [9.17, 15) is 20.4 Å². The molecular formula is C15H16N2O6S. The van der Waals surface area contributed by atoms with Gasteiger partial charge in [-0.2, -0.15) is 10.5 Å². The largest absolute Gasteiger partial charge is 0.595 e. The Bertz CT molecular complexity index is 709. The standard InChI is InChI=1S/C15H16N2O6S/c1-23-15(18)12-7-11(16(19)20)8-13(17(21)22)14(12)24-9-10-5-3-2-4-6-10/h2-8,16-17,19,21H,9H2,1H3. The predicted octanol–water partition coefficient (Wildman–Crippen LogP) is 0.572. The van der Waals surface area contributed by atoms with Gasteiger partial charge in [-0.15, -0.1) is 11.8 Å². The first kappa shape index (κ1) is 18.4. The van der Waals surface area contributed by atoms with Crippen LogP contribution in [0.3, 0.4) is 0 Å². The topological polar surface area (TPSA) is 122 Å². The minimum atomic E-state index is -1.32. The monoisotopic (exact) mass is 352 g/mol. The molecule has 2 atom stereocenters. The Balaban J connectivity index is 2.47. The van der Waals surface area contributed by atoms with Crippen LogP contribution < -0.4 is 10.5 Å². The van der Waals surface area contributed by atoms with Gasteiger partial charge in [0.05, 0.1) is 23.6 Å². The molecule has 24 heavy (non-hydrogen) atoms. The molecule has 128 valence electrons. The second-order valence-corrected chi connectivity index (χ2v) is 5.76. The van der Waals surface area contributed by atoms with E-state index >= 15 is 0 Å². The number of methoxy groups -OCH3 is 1. The fourth-order valence-electron chi connectivity index (χ4n) is 2.06. The van der Waals surface area contributed by atoms with E-state index in [4.69, 9.17) is 5.21 Å². The zero-order valence-electron chi connectivity index (χ0n) is 12.7. The Morgan fingerprint density at radius 2 is 1.83 bits per heavy atom. The van der Waals surface area contributed by atoms with Gasteiger partial charge in [-0.1, -0.05) is 30.3 Å². The van der Waals surface area contributed by atoms with Gasteiger partial charge in [0.15, 0.2) is 11.4 Å². The number of nitrogens with one attached hydrogen (secondary N) is 2. The SMILES string of the molecule is COC(=O)c1cc([NH+]([O-])O)cc([NH+]([O-])O)c1SCc1ccccc1. The summed E-state index contributed by atoms with van der Waals surface area (Å²) in [7, 11) is 1.15. The molecule has 0 saturated heterocycles. The van der Waals surface area contributed by atoms with Gasteiger partial charge >= 0.3 is 5.97 Å². The van der Waals surface area contributed by atoms with Crippen molar-refractivity contribution in [2.24, 2.45) is 0 Å². The molecule has 2 aromatic rings. The molecule has 0 amide bonds. The smallest absolute Gasteiger partial charge is 0.339 e. The van der Waals surface area contributed by atoms with Gasteiger partial charge in [0.1, 0.15) is 0 Å². The fourth-order valence-corrected chi connectivity index (χ4v) is 3.16. The van der Waals surface area contributed by atoms with Crippen LogP contribution in [0.2, 0.25) is 0 Å². The number of hydrogen-bond donors (Lipinski definition) is 4. The number of esters is 1. The third kappa shape index (κ3) is 4.30. The summed E-state index contributed by atoms with van der Waals surface area (Å²) < 4.78 is 4.66. The summed E-state index contributed by atoms with van der Waals surface area (Å²) >= 11 is 1.14. The van der Waals surface area contributed by atoms with Crippen molar-refractivity contribution in [2.75, 3.05) is 7.11 Å². The first-order valence-electron chi connectivity index (χ1n) is 6.83. The van der Waals surface area contributed by atoms with Crippen molar-refractivity contribution in [3.8, 4) is 0 Å². The maximum Gasteiger partial charge on any atom is 0.339 e. The number of quaternary nitrogens is 2. The van der Waals surface area contributed by atoms with Gasteiger partial charge in [0.25, 0.3) is 0 Å². The van der Waals surface area contributed by atoms with Crippen molar-refractivity contribution in [3.63, 3.8) is 0 Å². The van der Waals surface area contributed by atoms with Crippen LogP contribution in [-0.4, -0.2) is 23.5 Å². The summed E-state index contributed by atoms with van der Waals surface area (Å²) in [6.45, 7) is 0. The number of hydrogen-bond acceptors (Lipinski definition) is 7. The predicted molar refractivity (Wildman–Crippen MR) is 85.3 cm³/mol. The minimum absolute atomic E-state index is 0.0734. The average Bonchev–Trinajstić information content (AvgIpc) is 2.59. The number of ether oxygens (including phenoxy) is 1. The Kier molecular flexibility index (Phi) is 6.29. The number of thioether (sulfide) groups is 1.